The van der Waals surface area contributed by atoms with Gasteiger partial charge in [-0.25, -0.2) is 8.42 Å². The highest BCUT2D eigenvalue weighted by molar-refractivity contribution is 9.11. The van der Waals surface area contributed by atoms with Gasteiger partial charge < -0.3 is 10.1 Å². The highest BCUT2D eigenvalue weighted by Crippen LogP contribution is 2.33. The maximum Gasteiger partial charge on any atom is 0.148 e. The maximum atomic E-state index is 11.3. The Bertz CT molecular complexity index is 561. The van der Waals surface area contributed by atoms with E-state index in [9.17, 15) is 8.42 Å². The van der Waals surface area contributed by atoms with Crippen LogP contribution in [-0.2, 0) is 16.4 Å². The molecule has 0 aliphatic carbocycles. The molecule has 0 aliphatic heterocycles. The minimum absolute atomic E-state index is 0.114. The fourth-order valence-electron chi connectivity index (χ4n) is 1.85. The van der Waals surface area contributed by atoms with E-state index in [-0.39, 0.29) is 11.8 Å². The minimum atomic E-state index is -2.98. The summed E-state index contributed by atoms with van der Waals surface area (Å²) in [5.74, 6) is 0.904. The van der Waals surface area contributed by atoms with Crippen LogP contribution in [-0.4, -0.2) is 33.1 Å². The standard InChI is InChI=1S/C13H19Br2NO3S/c1-4-19-13-10(5-11(14)6-12(13)15)7-16-9(2)8-20(3,17)18/h5-6,9,16H,4,7-8H2,1-3H3. The second kappa shape index (κ2) is 7.77. The van der Waals surface area contributed by atoms with Crippen LogP contribution in [0.4, 0.5) is 0 Å². The number of rotatable bonds is 7. The Balaban J connectivity index is 2.81. The predicted molar refractivity (Wildman–Crippen MR) is 89.0 cm³/mol. The van der Waals surface area contributed by atoms with Gasteiger partial charge in [-0.15, -0.1) is 0 Å². The van der Waals surface area contributed by atoms with Crippen LogP contribution in [0.25, 0.3) is 0 Å². The van der Waals surface area contributed by atoms with E-state index in [2.05, 4.69) is 37.2 Å². The van der Waals surface area contributed by atoms with Gasteiger partial charge >= 0.3 is 0 Å². The summed E-state index contributed by atoms with van der Waals surface area (Å²) in [5, 5.41) is 3.21. The summed E-state index contributed by atoms with van der Waals surface area (Å²) in [6.45, 7) is 4.91. The molecule has 0 saturated heterocycles. The molecule has 1 N–H and O–H groups in total. The van der Waals surface area contributed by atoms with Gasteiger partial charge in [0.05, 0.1) is 16.8 Å². The Hall–Kier alpha value is -0.110. The molecule has 0 aliphatic rings. The highest BCUT2D eigenvalue weighted by Gasteiger charge is 2.13. The third-order valence-corrected chi connectivity index (χ3v) is 4.72. The zero-order valence-electron chi connectivity index (χ0n) is 11.7. The predicted octanol–water partition coefficient (Wildman–Crippen LogP) is 3.13. The molecular weight excluding hydrogens is 410 g/mol. The van der Waals surface area contributed by atoms with Crippen LogP contribution in [0.5, 0.6) is 5.75 Å². The molecule has 0 bridgehead atoms. The lowest BCUT2D eigenvalue weighted by atomic mass is 10.2. The van der Waals surface area contributed by atoms with Gasteiger partial charge in [0.15, 0.2) is 0 Å². The largest absolute Gasteiger partial charge is 0.492 e. The van der Waals surface area contributed by atoms with Crippen LogP contribution in [0, 0.1) is 0 Å². The molecule has 0 amide bonds. The number of ether oxygens (including phenoxy) is 1. The smallest absolute Gasteiger partial charge is 0.148 e. The first kappa shape index (κ1) is 17.9. The van der Waals surface area contributed by atoms with Crippen LogP contribution in [0.1, 0.15) is 19.4 Å². The number of sulfone groups is 1. The van der Waals surface area contributed by atoms with Crippen molar-refractivity contribution in [3.05, 3.63) is 26.6 Å². The lowest BCUT2D eigenvalue weighted by molar-refractivity contribution is 0.333. The van der Waals surface area contributed by atoms with Crippen molar-refractivity contribution in [2.45, 2.75) is 26.4 Å². The Kier molecular flexibility index (Phi) is 6.97. The Morgan fingerprint density at radius 2 is 2.00 bits per heavy atom. The second-order valence-electron chi connectivity index (χ2n) is 4.68. The molecule has 4 nitrogen and oxygen atoms in total. The van der Waals surface area contributed by atoms with Crippen molar-refractivity contribution in [1.82, 2.24) is 5.32 Å². The summed E-state index contributed by atoms with van der Waals surface area (Å²) in [7, 11) is -2.98. The van der Waals surface area contributed by atoms with E-state index in [1.807, 2.05) is 26.0 Å². The van der Waals surface area contributed by atoms with E-state index in [0.717, 1.165) is 20.3 Å². The molecule has 7 heteroatoms. The maximum absolute atomic E-state index is 11.3. The number of hydrogen-bond donors (Lipinski definition) is 1. The van der Waals surface area contributed by atoms with Crippen LogP contribution in [0.15, 0.2) is 21.1 Å². The van der Waals surface area contributed by atoms with E-state index in [1.54, 1.807) is 0 Å². The summed E-state index contributed by atoms with van der Waals surface area (Å²) in [6, 6.07) is 3.78. The zero-order valence-corrected chi connectivity index (χ0v) is 15.7. The summed E-state index contributed by atoms with van der Waals surface area (Å²) in [6.07, 6.45) is 1.24. The van der Waals surface area contributed by atoms with E-state index >= 15 is 0 Å². The van der Waals surface area contributed by atoms with Crippen LogP contribution >= 0.6 is 31.9 Å². The van der Waals surface area contributed by atoms with Crippen molar-refractivity contribution in [2.24, 2.45) is 0 Å². The molecule has 114 valence electrons. The molecular formula is C13H19Br2NO3S. The lowest BCUT2D eigenvalue weighted by Gasteiger charge is -2.16. The molecule has 0 spiro atoms. The van der Waals surface area contributed by atoms with Crippen molar-refractivity contribution in [3.63, 3.8) is 0 Å². The fourth-order valence-corrected chi connectivity index (χ4v) is 4.30. The topological polar surface area (TPSA) is 55.4 Å². The average molecular weight is 429 g/mol. The van der Waals surface area contributed by atoms with Crippen molar-refractivity contribution in [3.8, 4) is 5.75 Å². The van der Waals surface area contributed by atoms with E-state index < -0.39 is 9.84 Å². The highest BCUT2D eigenvalue weighted by atomic mass is 79.9. The summed E-state index contributed by atoms with van der Waals surface area (Å²) in [5.41, 5.74) is 0.980. The van der Waals surface area contributed by atoms with Crippen molar-refractivity contribution in [1.29, 1.82) is 0 Å². The van der Waals surface area contributed by atoms with E-state index in [4.69, 9.17) is 4.74 Å². The van der Waals surface area contributed by atoms with Gasteiger partial charge in [-0.2, -0.15) is 0 Å². The molecule has 1 atom stereocenters. The SMILES string of the molecule is CCOc1c(Br)cc(Br)cc1CNC(C)CS(C)(=O)=O. The van der Waals surface area contributed by atoms with E-state index in [1.165, 1.54) is 6.26 Å². The van der Waals surface area contributed by atoms with Crippen LogP contribution in [0.2, 0.25) is 0 Å². The monoisotopic (exact) mass is 427 g/mol. The molecule has 1 unspecified atom stereocenters. The van der Waals surface area contributed by atoms with Crippen LogP contribution in [0.3, 0.4) is 0 Å². The van der Waals surface area contributed by atoms with Gasteiger partial charge in [-0.1, -0.05) is 15.9 Å². The molecule has 0 heterocycles. The first-order valence-corrected chi connectivity index (χ1v) is 9.89. The van der Waals surface area contributed by atoms with Gasteiger partial charge in [0, 0.05) is 28.9 Å². The van der Waals surface area contributed by atoms with Gasteiger partial charge in [0.1, 0.15) is 15.6 Å². The number of hydrogen-bond acceptors (Lipinski definition) is 4. The second-order valence-corrected chi connectivity index (χ2v) is 8.64. The lowest BCUT2D eigenvalue weighted by Crippen LogP contribution is -2.32. The quantitative estimate of drug-likeness (QED) is 0.724. The molecule has 0 fully saturated rings. The average Bonchev–Trinajstić information content (AvgIpc) is 2.28. The van der Waals surface area contributed by atoms with Crippen molar-refractivity contribution >= 4 is 41.7 Å². The van der Waals surface area contributed by atoms with Gasteiger partial charge in [0.25, 0.3) is 0 Å². The number of nitrogens with one attached hydrogen (secondary N) is 1. The molecule has 20 heavy (non-hydrogen) atoms. The van der Waals surface area contributed by atoms with Gasteiger partial charge in [-0.3, -0.25) is 0 Å². The molecule has 1 aromatic carbocycles. The van der Waals surface area contributed by atoms with Gasteiger partial charge in [-0.05, 0) is 41.9 Å². The number of benzene rings is 1. The Labute approximate surface area is 137 Å². The third kappa shape index (κ3) is 6.11. The van der Waals surface area contributed by atoms with Crippen LogP contribution < -0.4 is 10.1 Å². The molecule has 1 rings (SSSR count). The zero-order chi connectivity index (χ0) is 15.3. The first-order chi connectivity index (χ1) is 9.23. The molecule has 1 aromatic rings. The minimum Gasteiger partial charge on any atom is -0.492 e. The summed E-state index contributed by atoms with van der Waals surface area (Å²) in [4.78, 5) is 0. The third-order valence-electron chi connectivity index (χ3n) is 2.57. The Morgan fingerprint density at radius 3 is 2.55 bits per heavy atom. The Morgan fingerprint density at radius 1 is 1.35 bits per heavy atom. The fraction of sp³-hybridized carbons (Fsp3) is 0.538. The summed E-state index contributed by atoms with van der Waals surface area (Å²) < 4.78 is 30.0. The first-order valence-electron chi connectivity index (χ1n) is 6.24. The normalized spacial score (nSPS) is 13.2. The number of halogens is 2. The van der Waals surface area contributed by atoms with Crippen molar-refractivity contribution in [2.75, 3.05) is 18.6 Å². The van der Waals surface area contributed by atoms with Gasteiger partial charge in [0.2, 0.25) is 0 Å². The van der Waals surface area contributed by atoms with E-state index in [0.29, 0.717) is 13.2 Å². The molecule has 0 saturated carbocycles. The molecule has 0 aromatic heterocycles. The van der Waals surface area contributed by atoms with Crippen molar-refractivity contribution < 1.29 is 13.2 Å². The molecule has 0 radical (unpaired) electrons. The summed E-state index contributed by atoms with van der Waals surface area (Å²) >= 11 is 6.92.